The summed E-state index contributed by atoms with van der Waals surface area (Å²) < 4.78 is 0. The second-order valence-electron chi connectivity index (χ2n) is 5.97. The van der Waals surface area contributed by atoms with Crippen LogP contribution >= 0.6 is 0 Å². The Morgan fingerprint density at radius 1 is 1.37 bits per heavy atom. The van der Waals surface area contributed by atoms with Gasteiger partial charge in [-0.1, -0.05) is 26.0 Å². The topological polar surface area (TPSA) is 46.3 Å². The number of nitrogens with two attached hydrogens (primary N) is 1. The molecule has 0 bridgehead atoms. The van der Waals surface area contributed by atoms with Crippen molar-refractivity contribution in [3.8, 4) is 0 Å². The largest absolute Gasteiger partial charge is 0.399 e. The molecule has 1 heterocycles. The number of carbonyl (C=O) groups excluding carboxylic acids is 1. The van der Waals surface area contributed by atoms with E-state index in [0.717, 1.165) is 30.8 Å². The fourth-order valence-electron chi connectivity index (χ4n) is 2.78. The fraction of sp³-hybridized carbons (Fsp3) is 0.562. The second-order valence-corrected chi connectivity index (χ2v) is 5.97. The molecule has 2 atom stereocenters. The van der Waals surface area contributed by atoms with Gasteiger partial charge in [0.1, 0.15) is 0 Å². The van der Waals surface area contributed by atoms with E-state index in [9.17, 15) is 4.79 Å². The van der Waals surface area contributed by atoms with Crippen LogP contribution in [0.25, 0.3) is 0 Å². The first-order valence-electron chi connectivity index (χ1n) is 7.13. The molecule has 3 nitrogen and oxygen atoms in total. The molecule has 19 heavy (non-hydrogen) atoms. The van der Waals surface area contributed by atoms with E-state index in [4.69, 9.17) is 5.73 Å². The predicted octanol–water partition coefficient (Wildman–Crippen LogP) is 2.88. The molecule has 0 saturated carbocycles. The van der Waals surface area contributed by atoms with Crippen LogP contribution in [0.1, 0.15) is 38.7 Å². The molecule has 104 valence electrons. The quantitative estimate of drug-likeness (QED) is 0.849. The summed E-state index contributed by atoms with van der Waals surface area (Å²) >= 11 is 0. The van der Waals surface area contributed by atoms with E-state index in [1.165, 1.54) is 0 Å². The van der Waals surface area contributed by atoms with Gasteiger partial charge in [-0.3, -0.25) is 4.79 Å². The van der Waals surface area contributed by atoms with Gasteiger partial charge in [0, 0.05) is 18.8 Å². The summed E-state index contributed by atoms with van der Waals surface area (Å²) in [7, 11) is 0. The number of hydrogen-bond donors (Lipinski definition) is 1. The lowest BCUT2D eigenvalue weighted by Crippen LogP contribution is -2.32. The van der Waals surface area contributed by atoms with Crippen LogP contribution in [-0.4, -0.2) is 23.9 Å². The third-order valence-corrected chi connectivity index (χ3v) is 4.26. The van der Waals surface area contributed by atoms with Crippen molar-refractivity contribution in [1.29, 1.82) is 0 Å². The van der Waals surface area contributed by atoms with Gasteiger partial charge >= 0.3 is 0 Å². The van der Waals surface area contributed by atoms with Gasteiger partial charge in [-0.05, 0) is 42.9 Å². The van der Waals surface area contributed by atoms with Crippen molar-refractivity contribution >= 4 is 11.6 Å². The predicted molar refractivity (Wildman–Crippen MR) is 78.8 cm³/mol. The lowest BCUT2D eigenvalue weighted by Gasteiger charge is -2.22. The van der Waals surface area contributed by atoms with Crippen LogP contribution in [0.3, 0.4) is 0 Å². The van der Waals surface area contributed by atoms with E-state index in [0.29, 0.717) is 11.8 Å². The van der Waals surface area contributed by atoms with E-state index in [1.54, 1.807) is 0 Å². The molecule has 0 spiro atoms. The van der Waals surface area contributed by atoms with Crippen molar-refractivity contribution in [3.05, 3.63) is 29.8 Å². The summed E-state index contributed by atoms with van der Waals surface area (Å²) in [5, 5.41) is 0. The Morgan fingerprint density at radius 3 is 2.68 bits per heavy atom. The maximum atomic E-state index is 12.5. The number of amides is 1. The van der Waals surface area contributed by atoms with Crippen molar-refractivity contribution in [2.24, 2.45) is 11.8 Å². The number of likely N-dealkylation sites (tertiary alicyclic amines) is 1. The second kappa shape index (κ2) is 5.64. The molecule has 1 aliphatic rings. The number of nitrogen functional groups attached to an aromatic ring is 1. The molecule has 1 aromatic carbocycles. The third kappa shape index (κ3) is 3.09. The van der Waals surface area contributed by atoms with Gasteiger partial charge in [0.15, 0.2) is 0 Å². The number of anilines is 1. The number of rotatable bonds is 3. The van der Waals surface area contributed by atoms with Crippen LogP contribution in [0.15, 0.2) is 24.3 Å². The summed E-state index contributed by atoms with van der Waals surface area (Å²) in [6, 6.07) is 7.65. The minimum atomic E-state index is -0.102. The van der Waals surface area contributed by atoms with Gasteiger partial charge in [-0.2, -0.15) is 0 Å². The minimum Gasteiger partial charge on any atom is -0.399 e. The van der Waals surface area contributed by atoms with E-state index in [2.05, 4.69) is 13.8 Å². The van der Waals surface area contributed by atoms with Crippen molar-refractivity contribution in [1.82, 2.24) is 4.90 Å². The lowest BCUT2D eigenvalue weighted by molar-refractivity contribution is -0.131. The van der Waals surface area contributed by atoms with E-state index in [1.807, 2.05) is 36.1 Å². The summed E-state index contributed by atoms with van der Waals surface area (Å²) in [4.78, 5) is 14.5. The van der Waals surface area contributed by atoms with Crippen LogP contribution in [0.5, 0.6) is 0 Å². The van der Waals surface area contributed by atoms with Crippen LogP contribution in [0.2, 0.25) is 0 Å². The Hall–Kier alpha value is -1.51. The third-order valence-electron chi connectivity index (χ3n) is 4.26. The molecule has 0 radical (unpaired) electrons. The van der Waals surface area contributed by atoms with Crippen molar-refractivity contribution < 1.29 is 4.79 Å². The number of hydrogen-bond acceptors (Lipinski definition) is 2. The lowest BCUT2D eigenvalue weighted by atomic mass is 9.95. The minimum absolute atomic E-state index is 0.102. The standard InChI is InChI=1S/C16H24N2O/c1-11(2)14-7-8-18(10-14)16(19)12(3)13-5-4-6-15(17)9-13/h4-6,9,11-12,14H,7-8,10,17H2,1-3H3. The Balaban J connectivity index is 2.04. The fourth-order valence-corrected chi connectivity index (χ4v) is 2.78. The van der Waals surface area contributed by atoms with Crippen LogP contribution in [0, 0.1) is 11.8 Å². The molecule has 2 N–H and O–H groups in total. The number of nitrogens with zero attached hydrogens (tertiary/aromatic N) is 1. The zero-order valence-electron chi connectivity index (χ0n) is 12.1. The molecule has 2 unspecified atom stereocenters. The summed E-state index contributed by atoms with van der Waals surface area (Å²) in [5.74, 6) is 1.43. The molecule has 3 heteroatoms. The first-order valence-corrected chi connectivity index (χ1v) is 7.13. The van der Waals surface area contributed by atoms with E-state index < -0.39 is 0 Å². The molecule has 0 aliphatic carbocycles. The molecule has 2 rings (SSSR count). The molecule has 1 aliphatic heterocycles. The van der Waals surface area contributed by atoms with Gasteiger partial charge in [0.2, 0.25) is 5.91 Å². The molecular formula is C16H24N2O. The molecule has 1 amide bonds. The molecule has 1 saturated heterocycles. The zero-order chi connectivity index (χ0) is 14.0. The maximum Gasteiger partial charge on any atom is 0.229 e. The Bertz CT molecular complexity index is 456. The highest BCUT2D eigenvalue weighted by Crippen LogP contribution is 2.27. The van der Waals surface area contributed by atoms with Gasteiger partial charge < -0.3 is 10.6 Å². The molecule has 1 fully saturated rings. The van der Waals surface area contributed by atoms with Gasteiger partial charge in [-0.25, -0.2) is 0 Å². The van der Waals surface area contributed by atoms with Gasteiger partial charge in [0.25, 0.3) is 0 Å². The SMILES string of the molecule is CC(C(=O)N1CCC(C(C)C)C1)c1cccc(N)c1. The van der Waals surface area contributed by atoms with Gasteiger partial charge in [0.05, 0.1) is 5.92 Å². The van der Waals surface area contributed by atoms with Crippen molar-refractivity contribution in [2.45, 2.75) is 33.1 Å². The first kappa shape index (κ1) is 13.9. The monoisotopic (exact) mass is 260 g/mol. The smallest absolute Gasteiger partial charge is 0.229 e. The Morgan fingerprint density at radius 2 is 2.11 bits per heavy atom. The Kier molecular flexibility index (Phi) is 4.13. The van der Waals surface area contributed by atoms with Gasteiger partial charge in [-0.15, -0.1) is 0 Å². The highest BCUT2D eigenvalue weighted by atomic mass is 16.2. The van der Waals surface area contributed by atoms with Crippen molar-refractivity contribution in [3.63, 3.8) is 0 Å². The highest BCUT2D eigenvalue weighted by molar-refractivity contribution is 5.83. The molecular weight excluding hydrogens is 236 g/mol. The molecule has 1 aromatic rings. The average Bonchev–Trinajstić information content (AvgIpc) is 2.86. The summed E-state index contributed by atoms with van der Waals surface area (Å²) in [6.45, 7) is 8.25. The van der Waals surface area contributed by atoms with E-state index >= 15 is 0 Å². The highest BCUT2D eigenvalue weighted by Gasteiger charge is 2.30. The zero-order valence-corrected chi connectivity index (χ0v) is 12.1. The number of carbonyl (C=O) groups is 1. The average molecular weight is 260 g/mol. The number of benzene rings is 1. The van der Waals surface area contributed by atoms with E-state index in [-0.39, 0.29) is 11.8 Å². The molecule has 0 aromatic heterocycles. The van der Waals surface area contributed by atoms with Crippen LogP contribution < -0.4 is 5.73 Å². The van der Waals surface area contributed by atoms with Crippen molar-refractivity contribution in [2.75, 3.05) is 18.8 Å². The van der Waals surface area contributed by atoms with Crippen LogP contribution in [0.4, 0.5) is 5.69 Å². The summed E-state index contributed by atoms with van der Waals surface area (Å²) in [5.41, 5.74) is 7.52. The Labute approximate surface area is 115 Å². The summed E-state index contributed by atoms with van der Waals surface area (Å²) in [6.07, 6.45) is 1.13. The maximum absolute atomic E-state index is 12.5. The van der Waals surface area contributed by atoms with Crippen LogP contribution in [-0.2, 0) is 4.79 Å². The first-order chi connectivity index (χ1) is 8.99. The normalized spacial score (nSPS) is 20.8.